The van der Waals surface area contributed by atoms with E-state index in [4.69, 9.17) is 5.11 Å². The average molecular weight is 285 g/mol. The number of aryl methyl sites for hydroxylation is 1. The van der Waals surface area contributed by atoms with Crippen LogP contribution in [0.4, 0.5) is 4.79 Å². The van der Waals surface area contributed by atoms with Gasteiger partial charge in [-0.1, -0.05) is 20.8 Å². The van der Waals surface area contributed by atoms with Crippen LogP contribution < -0.4 is 10.6 Å². The number of aliphatic carboxylic acids is 1. The highest BCUT2D eigenvalue weighted by Gasteiger charge is 2.32. The summed E-state index contributed by atoms with van der Waals surface area (Å²) in [5.74, 6) is -1.05. The Labute approximate surface area is 116 Å². The normalized spacial score (nSPS) is 12.8. The van der Waals surface area contributed by atoms with E-state index in [1.807, 2.05) is 6.92 Å². The van der Waals surface area contributed by atoms with Crippen molar-refractivity contribution in [3.63, 3.8) is 0 Å². The van der Waals surface area contributed by atoms with E-state index in [9.17, 15) is 9.59 Å². The molecule has 0 aliphatic carbocycles. The average Bonchev–Trinajstić information content (AvgIpc) is 2.67. The molecule has 1 rings (SSSR count). The van der Waals surface area contributed by atoms with E-state index in [1.54, 1.807) is 27.0 Å². The monoisotopic (exact) mass is 285 g/mol. The summed E-state index contributed by atoms with van der Waals surface area (Å²) in [5.41, 5.74) is -0.551. The van der Waals surface area contributed by atoms with Crippen molar-refractivity contribution in [2.45, 2.75) is 40.3 Å². The standard InChI is InChI=1S/C12H19N3O3S/c1-7-13-5-8(19-7)6-14-11(18)15-9(10(16)17)12(2,3)4/h5,9H,6H2,1-4H3,(H,16,17)(H2,14,15,18)/t9-/m0/s1. The quantitative estimate of drug-likeness (QED) is 0.786. The number of aromatic nitrogens is 1. The van der Waals surface area contributed by atoms with Gasteiger partial charge in [0.2, 0.25) is 0 Å². The number of carboxylic acids is 1. The van der Waals surface area contributed by atoms with Crippen molar-refractivity contribution in [1.29, 1.82) is 0 Å². The van der Waals surface area contributed by atoms with Crippen LogP contribution in [-0.4, -0.2) is 28.1 Å². The summed E-state index contributed by atoms with van der Waals surface area (Å²) in [5, 5.41) is 15.1. The Morgan fingerprint density at radius 2 is 2.11 bits per heavy atom. The van der Waals surface area contributed by atoms with Crippen LogP contribution in [0.3, 0.4) is 0 Å². The minimum absolute atomic E-state index is 0.341. The van der Waals surface area contributed by atoms with Gasteiger partial charge in [0.1, 0.15) is 6.04 Å². The second-order valence-electron chi connectivity index (χ2n) is 5.31. The number of nitrogens with one attached hydrogen (secondary N) is 2. The van der Waals surface area contributed by atoms with Gasteiger partial charge in [-0.15, -0.1) is 11.3 Å². The molecule has 0 aromatic carbocycles. The molecule has 0 bridgehead atoms. The highest BCUT2D eigenvalue weighted by atomic mass is 32.1. The lowest BCUT2D eigenvalue weighted by atomic mass is 9.87. The zero-order chi connectivity index (χ0) is 14.6. The highest BCUT2D eigenvalue weighted by molar-refractivity contribution is 7.11. The fourth-order valence-corrected chi connectivity index (χ4v) is 2.22. The SMILES string of the molecule is Cc1ncc(CNC(=O)N[C@@H](C(=O)O)C(C)(C)C)s1. The van der Waals surface area contributed by atoms with E-state index in [2.05, 4.69) is 15.6 Å². The number of hydrogen-bond acceptors (Lipinski definition) is 4. The summed E-state index contributed by atoms with van der Waals surface area (Å²) in [6.45, 7) is 7.51. The zero-order valence-electron chi connectivity index (χ0n) is 11.5. The van der Waals surface area contributed by atoms with E-state index >= 15 is 0 Å². The molecule has 0 aliphatic rings. The second-order valence-corrected chi connectivity index (χ2v) is 6.63. The predicted molar refractivity (Wildman–Crippen MR) is 73.1 cm³/mol. The third-order valence-electron chi connectivity index (χ3n) is 2.48. The van der Waals surface area contributed by atoms with Gasteiger partial charge in [-0.25, -0.2) is 14.6 Å². The molecule has 1 atom stereocenters. The van der Waals surface area contributed by atoms with E-state index in [-0.39, 0.29) is 0 Å². The molecule has 0 spiro atoms. The molecular weight excluding hydrogens is 266 g/mol. The first-order chi connectivity index (χ1) is 8.70. The fourth-order valence-electron chi connectivity index (χ4n) is 1.49. The van der Waals surface area contributed by atoms with Crippen LogP contribution >= 0.6 is 11.3 Å². The summed E-state index contributed by atoms with van der Waals surface area (Å²) >= 11 is 1.49. The molecule has 0 saturated heterocycles. The van der Waals surface area contributed by atoms with Crippen molar-refractivity contribution in [3.05, 3.63) is 16.1 Å². The maximum absolute atomic E-state index is 11.7. The van der Waals surface area contributed by atoms with Gasteiger partial charge in [-0.2, -0.15) is 0 Å². The number of rotatable bonds is 4. The summed E-state index contributed by atoms with van der Waals surface area (Å²) < 4.78 is 0. The smallest absolute Gasteiger partial charge is 0.326 e. The van der Waals surface area contributed by atoms with E-state index in [1.165, 1.54) is 11.3 Å². The summed E-state index contributed by atoms with van der Waals surface area (Å²) in [4.78, 5) is 27.8. The highest BCUT2D eigenvalue weighted by Crippen LogP contribution is 2.19. The summed E-state index contributed by atoms with van der Waals surface area (Å²) in [7, 11) is 0. The Kier molecular flexibility index (Phi) is 4.88. The number of thiazole rings is 1. The number of urea groups is 1. The molecule has 0 radical (unpaired) electrons. The molecule has 6 nitrogen and oxygen atoms in total. The molecule has 1 heterocycles. The molecule has 0 fully saturated rings. The van der Waals surface area contributed by atoms with Crippen LogP contribution in [0.1, 0.15) is 30.7 Å². The number of carbonyl (C=O) groups excluding carboxylic acids is 1. The minimum Gasteiger partial charge on any atom is -0.480 e. The summed E-state index contributed by atoms with van der Waals surface area (Å²) in [6.07, 6.45) is 1.69. The molecule has 0 unspecified atom stereocenters. The Balaban J connectivity index is 2.52. The Bertz CT molecular complexity index is 465. The molecule has 106 valence electrons. The first-order valence-corrected chi connectivity index (χ1v) is 6.70. The Morgan fingerprint density at radius 1 is 1.47 bits per heavy atom. The van der Waals surface area contributed by atoms with Crippen LogP contribution in [-0.2, 0) is 11.3 Å². The van der Waals surface area contributed by atoms with Crippen LogP contribution in [0.2, 0.25) is 0 Å². The molecule has 2 amide bonds. The maximum Gasteiger partial charge on any atom is 0.326 e. The van der Waals surface area contributed by atoms with Gasteiger partial charge >= 0.3 is 12.0 Å². The minimum atomic E-state index is -1.05. The number of carbonyl (C=O) groups is 2. The van der Waals surface area contributed by atoms with Gasteiger partial charge in [-0.3, -0.25) is 0 Å². The number of carboxylic acid groups (broad SMARTS) is 1. The van der Waals surface area contributed by atoms with Crippen molar-refractivity contribution in [2.75, 3.05) is 0 Å². The molecule has 1 aromatic heterocycles. The predicted octanol–water partition coefficient (Wildman–Crippen LogP) is 1.75. The fraction of sp³-hybridized carbons (Fsp3) is 0.583. The van der Waals surface area contributed by atoms with Crippen LogP contribution in [0.25, 0.3) is 0 Å². The van der Waals surface area contributed by atoms with Crippen LogP contribution in [0.15, 0.2) is 6.20 Å². The van der Waals surface area contributed by atoms with Crippen molar-refractivity contribution in [1.82, 2.24) is 15.6 Å². The molecule has 19 heavy (non-hydrogen) atoms. The van der Waals surface area contributed by atoms with E-state index in [0.29, 0.717) is 6.54 Å². The molecule has 1 aromatic rings. The van der Waals surface area contributed by atoms with Crippen molar-refractivity contribution in [2.24, 2.45) is 5.41 Å². The second kappa shape index (κ2) is 6.01. The van der Waals surface area contributed by atoms with Crippen LogP contribution in [0, 0.1) is 12.3 Å². The van der Waals surface area contributed by atoms with E-state index in [0.717, 1.165) is 9.88 Å². The third kappa shape index (κ3) is 4.86. The zero-order valence-corrected chi connectivity index (χ0v) is 12.3. The van der Waals surface area contributed by atoms with Gasteiger partial charge in [0.25, 0.3) is 0 Å². The lowest BCUT2D eigenvalue weighted by Crippen LogP contribution is -2.52. The van der Waals surface area contributed by atoms with Gasteiger partial charge in [0, 0.05) is 11.1 Å². The molecule has 0 saturated carbocycles. The third-order valence-corrected chi connectivity index (χ3v) is 3.39. The number of amides is 2. The summed E-state index contributed by atoms with van der Waals surface area (Å²) in [6, 6.07) is -1.43. The van der Waals surface area contributed by atoms with Crippen molar-refractivity contribution in [3.8, 4) is 0 Å². The lowest BCUT2D eigenvalue weighted by molar-refractivity contribution is -0.141. The van der Waals surface area contributed by atoms with Crippen LogP contribution in [0.5, 0.6) is 0 Å². The number of hydrogen-bond donors (Lipinski definition) is 3. The Morgan fingerprint density at radius 3 is 2.53 bits per heavy atom. The lowest BCUT2D eigenvalue weighted by Gasteiger charge is -2.27. The van der Waals surface area contributed by atoms with E-state index < -0.39 is 23.5 Å². The maximum atomic E-state index is 11.7. The largest absolute Gasteiger partial charge is 0.480 e. The number of nitrogens with zero attached hydrogens (tertiary/aromatic N) is 1. The van der Waals surface area contributed by atoms with Gasteiger partial charge in [0.05, 0.1) is 11.6 Å². The first-order valence-electron chi connectivity index (χ1n) is 5.88. The van der Waals surface area contributed by atoms with Gasteiger partial charge < -0.3 is 15.7 Å². The Hall–Kier alpha value is -1.63. The molecular formula is C12H19N3O3S. The molecule has 7 heteroatoms. The van der Waals surface area contributed by atoms with Crippen molar-refractivity contribution < 1.29 is 14.7 Å². The van der Waals surface area contributed by atoms with Gasteiger partial charge in [0.15, 0.2) is 0 Å². The van der Waals surface area contributed by atoms with Crippen molar-refractivity contribution >= 4 is 23.3 Å². The first kappa shape index (κ1) is 15.4. The molecule has 0 aliphatic heterocycles. The topological polar surface area (TPSA) is 91.3 Å². The van der Waals surface area contributed by atoms with Gasteiger partial charge in [-0.05, 0) is 12.3 Å². The molecule has 3 N–H and O–H groups in total.